The second kappa shape index (κ2) is 6.70. The summed E-state index contributed by atoms with van der Waals surface area (Å²) in [6.07, 6.45) is -1.30. The second-order valence-corrected chi connectivity index (χ2v) is 7.89. The normalized spacial score (nSPS) is 20.7. The maximum Gasteiger partial charge on any atom is 0.418 e. The number of alkyl halides is 3. The number of hydrogen-bond donors (Lipinski definition) is 1. The monoisotopic (exact) mass is 380 g/mol. The van der Waals surface area contributed by atoms with Crippen molar-refractivity contribution in [3.63, 3.8) is 0 Å². The molecule has 1 saturated carbocycles. The van der Waals surface area contributed by atoms with Crippen LogP contribution in [0.1, 0.15) is 34.9 Å². The van der Waals surface area contributed by atoms with Crippen LogP contribution in [0.3, 0.4) is 0 Å². The third kappa shape index (κ3) is 3.50. The van der Waals surface area contributed by atoms with Crippen molar-refractivity contribution in [2.45, 2.75) is 31.5 Å². The molecule has 1 N–H and O–H groups in total. The van der Waals surface area contributed by atoms with Gasteiger partial charge in [-0.25, -0.2) is 0 Å². The number of hydrogen-bond acceptors (Lipinski definition) is 3. The first-order valence-electron chi connectivity index (χ1n) is 8.70. The van der Waals surface area contributed by atoms with Crippen molar-refractivity contribution in [3.8, 4) is 0 Å². The van der Waals surface area contributed by atoms with E-state index < -0.39 is 17.6 Å². The minimum Gasteiger partial charge on any atom is -0.324 e. The zero-order valence-corrected chi connectivity index (χ0v) is 14.9. The quantitative estimate of drug-likeness (QED) is 0.833. The molecule has 7 heteroatoms. The highest BCUT2D eigenvalue weighted by molar-refractivity contribution is 7.10. The van der Waals surface area contributed by atoms with Gasteiger partial charge >= 0.3 is 6.18 Å². The topological polar surface area (TPSA) is 32.3 Å². The molecule has 1 aliphatic carbocycles. The standard InChI is InChI=1S/C19H19F3N2OS/c20-19(21,22)14-3-1-2-4-15(14)23-17(25)11-24-9-7-16-13(8-10-26-16)18(24)12-5-6-12/h1-4,8,10,12,18H,5-7,9,11H2,(H,23,25)/t18-/m0/s1. The molecule has 138 valence electrons. The van der Waals surface area contributed by atoms with Crippen LogP contribution in [-0.4, -0.2) is 23.9 Å². The van der Waals surface area contributed by atoms with E-state index in [0.29, 0.717) is 5.92 Å². The molecule has 1 aromatic heterocycles. The molecule has 2 aromatic rings. The summed E-state index contributed by atoms with van der Waals surface area (Å²) in [5, 5.41) is 4.55. The second-order valence-electron chi connectivity index (χ2n) is 6.89. The lowest BCUT2D eigenvalue weighted by Crippen LogP contribution is -2.41. The number of fused-ring (bicyclic) bond motifs is 1. The first kappa shape index (κ1) is 17.5. The highest BCUT2D eigenvalue weighted by Crippen LogP contribution is 2.48. The Kier molecular flexibility index (Phi) is 4.52. The van der Waals surface area contributed by atoms with Gasteiger partial charge in [0.05, 0.1) is 17.8 Å². The number of anilines is 1. The molecule has 1 amide bonds. The van der Waals surface area contributed by atoms with Gasteiger partial charge in [-0.15, -0.1) is 11.3 Å². The van der Waals surface area contributed by atoms with Gasteiger partial charge < -0.3 is 5.32 Å². The van der Waals surface area contributed by atoms with Gasteiger partial charge in [-0.1, -0.05) is 12.1 Å². The minimum absolute atomic E-state index is 0.114. The van der Waals surface area contributed by atoms with Crippen LogP contribution >= 0.6 is 11.3 Å². The fourth-order valence-electron chi connectivity index (χ4n) is 3.75. The van der Waals surface area contributed by atoms with Gasteiger partial charge in [-0.3, -0.25) is 9.69 Å². The van der Waals surface area contributed by atoms with E-state index >= 15 is 0 Å². The summed E-state index contributed by atoms with van der Waals surface area (Å²) in [6.45, 7) is 0.881. The molecular weight excluding hydrogens is 361 g/mol. The Morgan fingerprint density at radius 2 is 2.00 bits per heavy atom. The largest absolute Gasteiger partial charge is 0.418 e. The zero-order valence-electron chi connectivity index (χ0n) is 14.1. The summed E-state index contributed by atoms with van der Waals surface area (Å²) in [4.78, 5) is 16.0. The Morgan fingerprint density at radius 1 is 1.23 bits per heavy atom. The third-order valence-electron chi connectivity index (χ3n) is 5.04. The van der Waals surface area contributed by atoms with Crippen molar-refractivity contribution in [2.75, 3.05) is 18.4 Å². The van der Waals surface area contributed by atoms with Crippen molar-refractivity contribution in [2.24, 2.45) is 5.92 Å². The van der Waals surface area contributed by atoms with E-state index in [1.807, 2.05) is 0 Å². The molecular formula is C19H19F3N2OS. The number of nitrogens with zero attached hydrogens (tertiary/aromatic N) is 1. The number of amides is 1. The Bertz CT molecular complexity index is 813. The average molecular weight is 380 g/mol. The predicted octanol–water partition coefficient (Wildman–Crippen LogP) is 4.71. The van der Waals surface area contributed by atoms with Crippen molar-refractivity contribution in [1.82, 2.24) is 4.90 Å². The zero-order chi connectivity index (χ0) is 18.3. The van der Waals surface area contributed by atoms with E-state index in [0.717, 1.165) is 31.9 Å². The lowest BCUT2D eigenvalue weighted by Gasteiger charge is -2.35. The molecule has 1 atom stereocenters. The Morgan fingerprint density at radius 3 is 2.73 bits per heavy atom. The summed E-state index contributed by atoms with van der Waals surface area (Å²) < 4.78 is 39.3. The van der Waals surface area contributed by atoms with Gasteiger partial charge in [0.1, 0.15) is 0 Å². The van der Waals surface area contributed by atoms with E-state index in [1.54, 1.807) is 11.3 Å². The van der Waals surface area contributed by atoms with Crippen LogP contribution in [0, 0.1) is 5.92 Å². The molecule has 2 heterocycles. The number of benzene rings is 1. The number of halogens is 3. The smallest absolute Gasteiger partial charge is 0.324 e. The Labute approximate surface area is 153 Å². The predicted molar refractivity (Wildman–Crippen MR) is 95.1 cm³/mol. The van der Waals surface area contributed by atoms with E-state index in [2.05, 4.69) is 21.7 Å². The molecule has 0 spiro atoms. The number of para-hydroxylation sites is 1. The SMILES string of the molecule is O=C(CN1CCc2sccc2[C@@H]1C1CC1)Nc1ccccc1C(F)(F)F. The summed E-state index contributed by atoms with van der Waals surface area (Å²) in [5.41, 5.74) is 0.305. The number of carbonyl (C=O) groups excluding carboxylic acids is 1. The average Bonchev–Trinajstić information content (AvgIpc) is 3.30. The van der Waals surface area contributed by atoms with Crippen molar-refractivity contribution >= 4 is 22.9 Å². The summed E-state index contributed by atoms with van der Waals surface area (Å²) in [7, 11) is 0. The summed E-state index contributed by atoms with van der Waals surface area (Å²) in [6, 6.07) is 7.45. The third-order valence-corrected chi connectivity index (χ3v) is 6.04. The molecule has 0 saturated heterocycles. The molecule has 1 fully saturated rings. The van der Waals surface area contributed by atoms with Crippen LogP contribution in [0.25, 0.3) is 0 Å². The minimum atomic E-state index is -4.49. The number of carbonyl (C=O) groups is 1. The lowest BCUT2D eigenvalue weighted by molar-refractivity contribution is -0.137. The molecule has 4 rings (SSSR count). The van der Waals surface area contributed by atoms with Crippen molar-refractivity contribution in [3.05, 3.63) is 51.7 Å². The molecule has 26 heavy (non-hydrogen) atoms. The van der Waals surface area contributed by atoms with Crippen LogP contribution in [0.2, 0.25) is 0 Å². The molecule has 1 aliphatic heterocycles. The fourth-order valence-corrected chi connectivity index (χ4v) is 4.67. The number of rotatable bonds is 4. The van der Waals surface area contributed by atoms with Gasteiger partial charge in [0.2, 0.25) is 5.91 Å². The van der Waals surface area contributed by atoms with Gasteiger partial charge in [0.15, 0.2) is 0 Å². The fraction of sp³-hybridized carbons (Fsp3) is 0.421. The highest BCUT2D eigenvalue weighted by atomic mass is 32.1. The van der Waals surface area contributed by atoms with E-state index in [1.165, 1.54) is 28.6 Å². The maximum atomic E-state index is 13.1. The molecule has 0 bridgehead atoms. The molecule has 3 nitrogen and oxygen atoms in total. The Balaban J connectivity index is 1.49. The van der Waals surface area contributed by atoms with Gasteiger partial charge in [-0.2, -0.15) is 13.2 Å². The van der Waals surface area contributed by atoms with Crippen LogP contribution in [0.15, 0.2) is 35.7 Å². The molecule has 1 aromatic carbocycles. The summed E-state index contributed by atoms with van der Waals surface area (Å²) in [5.74, 6) is 0.157. The van der Waals surface area contributed by atoms with E-state index in [9.17, 15) is 18.0 Å². The van der Waals surface area contributed by atoms with Crippen LogP contribution in [0.5, 0.6) is 0 Å². The first-order chi connectivity index (χ1) is 12.4. The van der Waals surface area contributed by atoms with Gasteiger partial charge in [-0.05, 0) is 54.3 Å². The van der Waals surface area contributed by atoms with Crippen LogP contribution < -0.4 is 5.32 Å². The van der Waals surface area contributed by atoms with Gasteiger partial charge in [0.25, 0.3) is 0 Å². The van der Waals surface area contributed by atoms with Crippen LogP contribution in [-0.2, 0) is 17.4 Å². The number of thiophene rings is 1. The molecule has 2 aliphatic rings. The molecule has 0 radical (unpaired) electrons. The van der Waals surface area contributed by atoms with Crippen molar-refractivity contribution in [1.29, 1.82) is 0 Å². The lowest BCUT2D eigenvalue weighted by atomic mass is 9.96. The Hall–Kier alpha value is -1.86. The van der Waals surface area contributed by atoms with Gasteiger partial charge in [0, 0.05) is 17.5 Å². The maximum absolute atomic E-state index is 13.1. The van der Waals surface area contributed by atoms with E-state index in [4.69, 9.17) is 0 Å². The van der Waals surface area contributed by atoms with Crippen LogP contribution in [0.4, 0.5) is 18.9 Å². The number of nitrogens with one attached hydrogen (secondary N) is 1. The highest BCUT2D eigenvalue weighted by Gasteiger charge is 2.40. The molecule has 0 unspecified atom stereocenters. The first-order valence-corrected chi connectivity index (χ1v) is 9.58. The van der Waals surface area contributed by atoms with Crippen molar-refractivity contribution < 1.29 is 18.0 Å². The summed E-state index contributed by atoms with van der Waals surface area (Å²) >= 11 is 1.75. The van der Waals surface area contributed by atoms with E-state index in [-0.39, 0.29) is 18.3 Å².